The van der Waals surface area contributed by atoms with Crippen LogP contribution in [-0.4, -0.2) is 58.9 Å². The Balaban J connectivity index is 1.58. The molecule has 4 rings (SSSR count). The van der Waals surface area contributed by atoms with Crippen LogP contribution in [0.2, 0.25) is 0 Å². The number of carbonyl (C=O) groups excluding carboxylic acids is 1. The van der Waals surface area contributed by atoms with E-state index in [2.05, 4.69) is 54.0 Å². The number of pyridine rings is 2. The first-order valence-corrected chi connectivity index (χ1v) is 11.0. The van der Waals surface area contributed by atoms with Gasteiger partial charge >= 0.3 is 0 Å². The van der Waals surface area contributed by atoms with Crippen LogP contribution in [0.25, 0.3) is 10.8 Å². The van der Waals surface area contributed by atoms with Crippen molar-refractivity contribution in [2.75, 3.05) is 38.5 Å². The second-order valence-electron chi connectivity index (χ2n) is 8.82. The van der Waals surface area contributed by atoms with Gasteiger partial charge in [-0.2, -0.15) is 0 Å². The van der Waals surface area contributed by atoms with Gasteiger partial charge in [-0.1, -0.05) is 26.0 Å². The summed E-state index contributed by atoms with van der Waals surface area (Å²) in [6.45, 7) is 10.8. The first-order valence-electron chi connectivity index (χ1n) is 11.0. The number of rotatable bonds is 5. The van der Waals surface area contributed by atoms with Crippen LogP contribution in [0.1, 0.15) is 41.5 Å². The van der Waals surface area contributed by atoms with E-state index in [1.54, 1.807) is 12.4 Å². The highest BCUT2D eigenvalue weighted by Crippen LogP contribution is 2.31. The van der Waals surface area contributed by atoms with E-state index in [4.69, 9.17) is 4.98 Å². The molecular weight excluding hydrogens is 386 g/mol. The molecule has 1 fully saturated rings. The lowest BCUT2D eigenvalue weighted by molar-refractivity contribution is 0.0857. The molecule has 1 saturated heterocycles. The standard InChI is InChI=1S/C25H31N5O/c1-17(2)24(30-13-11-29(4)12-14-30)23-18(3)5-8-22(27-23)28-25(31)20-6-7-21-16-26-10-9-19(21)15-20/h5-10,15-17,24H,11-14H2,1-4H3,(H,27,28,31). The number of nitrogens with zero attached hydrogens (tertiary/aromatic N) is 4. The Morgan fingerprint density at radius 3 is 2.55 bits per heavy atom. The molecule has 162 valence electrons. The number of amides is 1. The average molecular weight is 418 g/mol. The lowest BCUT2D eigenvalue weighted by Gasteiger charge is -2.40. The van der Waals surface area contributed by atoms with E-state index in [-0.39, 0.29) is 11.9 Å². The van der Waals surface area contributed by atoms with Gasteiger partial charge in [-0.3, -0.25) is 14.7 Å². The van der Waals surface area contributed by atoms with Gasteiger partial charge in [0.2, 0.25) is 0 Å². The van der Waals surface area contributed by atoms with Gasteiger partial charge in [-0.05, 0) is 55.1 Å². The molecule has 6 nitrogen and oxygen atoms in total. The second-order valence-corrected chi connectivity index (χ2v) is 8.82. The molecule has 0 bridgehead atoms. The maximum Gasteiger partial charge on any atom is 0.256 e. The number of nitrogens with one attached hydrogen (secondary N) is 1. The summed E-state index contributed by atoms with van der Waals surface area (Å²) in [5.41, 5.74) is 2.83. The molecule has 1 amide bonds. The smallest absolute Gasteiger partial charge is 0.256 e. The Morgan fingerprint density at radius 2 is 1.81 bits per heavy atom. The Bertz CT molecular complexity index is 1070. The molecular formula is C25H31N5O. The minimum atomic E-state index is -0.151. The number of aryl methyl sites for hydroxylation is 1. The first kappa shape index (κ1) is 21.4. The van der Waals surface area contributed by atoms with Crippen molar-refractivity contribution >= 4 is 22.5 Å². The predicted octanol–water partition coefficient (Wildman–Crippen LogP) is 4.14. The van der Waals surface area contributed by atoms with Crippen molar-refractivity contribution in [2.24, 2.45) is 5.92 Å². The van der Waals surface area contributed by atoms with E-state index in [0.29, 0.717) is 17.3 Å². The fourth-order valence-electron chi connectivity index (χ4n) is 4.34. The largest absolute Gasteiger partial charge is 0.307 e. The van der Waals surface area contributed by atoms with Gasteiger partial charge in [-0.15, -0.1) is 0 Å². The number of likely N-dealkylation sites (N-methyl/N-ethyl adjacent to an activating group) is 1. The summed E-state index contributed by atoms with van der Waals surface area (Å²) in [7, 11) is 2.17. The molecule has 1 aromatic carbocycles. The fourth-order valence-corrected chi connectivity index (χ4v) is 4.34. The number of anilines is 1. The minimum Gasteiger partial charge on any atom is -0.307 e. The summed E-state index contributed by atoms with van der Waals surface area (Å²) >= 11 is 0. The Hall–Kier alpha value is -2.83. The lowest BCUT2D eigenvalue weighted by atomic mass is 9.95. The molecule has 3 aromatic rings. The summed E-state index contributed by atoms with van der Waals surface area (Å²) in [4.78, 5) is 26.9. The van der Waals surface area contributed by atoms with Crippen LogP contribution < -0.4 is 5.32 Å². The highest BCUT2D eigenvalue weighted by molar-refractivity contribution is 6.06. The van der Waals surface area contributed by atoms with Crippen LogP contribution in [-0.2, 0) is 0 Å². The van der Waals surface area contributed by atoms with Crippen LogP contribution in [0, 0.1) is 12.8 Å². The molecule has 0 spiro atoms. The van der Waals surface area contributed by atoms with E-state index in [1.165, 1.54) is 0 Å². The summed E-state index contributed by atoms with van der Waals surface area (Å²) in [6.07, 6.45) is 3.54. The lowest BCUT2D eigenvalue weighted by Crippen LogP contribution is -2.47. The predicted molar refractivity (Wildman–Crippen MR) is 125 cm³/mol. The van der Waals surface area contributed by atoms with E-state index in [9.17, 15) is 4.79 Å². The van der Waals surface area contributed by atoms with Crippen molar-refractivity contribution in [3.8, 4) is 0 Å². The van der Waals surface area contributed by atoms with Crippen LogP contribution in [0.5, 0.6) is 0 Å². The van der Waals surface area contributed by atoms with Crippen molar-refractivity contribution < 1.29 is 4.79 Å². The molecule has 6 heteroatoms. The highest BCUT2D eigenvalue weighted by atomic mass is 16.1. The molecule has 2 aromatic heterocycles. The van der Waals surface area contributed by atoms with Crippen molar-refractivity contribution in [3.05, 3.63) is 65.6 Å². The van der Waals surface area contributed by atoms with E-state index in [1.807, 2.05) is 30.3 Å². The van der Waals surface area contributed by atoms with Gasteiger partial charge in [0.05, 0.1) is 11.7 Å². The molecule has 1 unspecified atom stereocenters. The second kappa shape index (κ2) is 9.12. The number of aromatic nitrogens is 2. The third-order valence-corrected chi connectivity index (χ3v) is 6.12. The maximum absolute atomic E-state index is 12.9. The van der Waals surface area contributed by atoms with Crippen molar-refractivity contribution in [1.29, 1.82) is 0 Å². The van der Waals surface area contributed by atoms with Crippen LogP contribution in [0.4, 0.5) is 5.82 Å². The zero-order chi connectivity index (χ0) is 22.0. The van der Waals surface area contributed by atoms with E-state index < -0.39 is 0 Å². The monoisotopic (exact) mass is 417 g/mol. The number of fused-ring (bicyclic) bond motifs is 1. The van der Waals surface area contributed by atoms with Crippen molar-refractivity contribution in [1.82, 2.24) is 19.8 Å². The summed E-state index contributed by atoms with van der Waals surface area (Å²) in [5.74, 6) is 0.872. The Labute approximate surface area is 184 Å². The maximum atomic E-state index is 12.9. The van der Waals surface area contributed by atoms with Crippen LogP contribution in [0.3, 0.4) is 0 Å². The molecule has 1 aliphatic heterocycles. The van der Waals surface area contributed by atoms with Gasteiger partial charge in [-0.25, -0.2) is 4.98 Å². The Morgan fingerprint density at radius 1 is 1.03 bits per heavy atom. The van der Waals surface area contributed by atoms with Gasteiger partial charge in [0.15, 0.2) is 0 Å². The third kappa shape index (κ3) is 4.75. The molecule has 1 atom stereocenters. The zero-order valence-corrected chi connectivity index (χ0v) is 18.8. The molecule has 0 radical (unpaired) electrons. The van der Waals surface area contributed by atoms with Crippen LogP contribution >= 0.6 is 0 Å². The number of hydrogen-bond acceptors (Lipinski definition) is 5. The van der Waals surface area contributed by atoms with Crippen molar-refractivity contribution in [3.63, 3.8) is 0 Å². The zero-order valence-electron chi connectivity index (χ0n) is 18.8. The average Bonchev–Trinajstić information content (AvgIpc) is 2.76. The van der Waals surface area contributed by atoms with Crippen molar-refractivity contribution in [2.45, 2.75) is 26.8 Å². The van der Waals surface area contributed by atoms with E-state index in [0.717, 1.165) is 48.2 Å². The summed E-state index contributed by atoms with van der Waals surface area (Å²) < 4.78 is 0. The molecule has 0 saturated carbocycles. The summed E-state index contributed by atoms with van der Waals surface area (Å²) in [6, 6.07) is 11.8. The number of piperazine rings is 1. The number of carbonyl (C=O) groups is 1. The molecule has 0 aliphatic carbocycles. The molecule has 1 aliphatic rings. The highest BCUT2D eigenvalue weighted by Gasteiger charge is 2.29. The minimum absolute atomic E-state index is 0.151. The van der Waals surface area contributed by atoms with Gasteiger partial charge in [0.1, 0.15) is 5.82 Å². The molecule has 1 N–H and O–H groups in total. The first-order chi connectivity index (χ1) is 14.9. The third-order valence-electron chi connectivity index (χ3n) is 6.12. The normalized spacial score (nSPS) is 16.5. The molecule has 31 heavy (non-hydrogen) atoms. The fraction of sp³-hybridized carbons (Fsp3) is 0.400. The van der Waals surface area contributed by atoms with E-state index >= 15 is 0 Å². The van der Waals surface area contributed by atoms with Gasteiger partial charge in [0, 0.05) is 49.5 Å². The number of benzene rings is 1. The van der Waals surface area contributed by atoms with Gasteiger partial charge < -0.3 is 10.2 Å². The van der Waals surface area contributed by atoms with Gasteiger partial charge in [0.25, 0.3) is 5.91 Å². The SMILES string of the molecule is Cc1ccc(NC(=O)c2ccc3cnccc3c2)nc1C(C(C)C)N1CCN(C)CC1. The topological polar surface area (TPSA) is 61.4 Å². The Kier molecular flexibility index (Phi) is 6.30. The number of hydrogen-bond donors (Lipinski definition) is 1. The van der Waals surface area contributed by atoms with Crippen LogP contribution in [0.15, 0.2) is 48.8 Å². The summed E-state index contributed by atoms with van der Waals surface area (Å²) in [5, 5.41) is 5.01. The molecule has 3 heterocycles. The quantitative estimate of drug-likeness (QED) is 0.676.